The van der Waals surface area contributed by atoms with Crippen molar-refractivity contribution in [1.29, 1.82) is 5.26 Å². The first-order valence-electron chi connectivity index (χ1n) is 6.24. The molecular formula is C17H14N2O. The summed E-state index contributed by atoms with van der Waals surface area (Å²) in [6.07, 6.45) is 3.26. The van der Waals surface area contributed by atoms with Crippen molar-refractivity contribution in [1.82, 2.24) is 0 Å². The molecule has 2 rings (SSSR count). The summed E-state index contributed by atoms with van der Waals surface area (Å²) < 4.78 is 0. The van der Waals surface area contributed by atoms with Gasteiger partial charge in [0.15, 0.2) is 0 Å². The predicted molar refractivity (Wildman–Crippen MR) is 80.0 cm³/mol. The number of benzene rings is 2. The van der Waals surface area contributed by atoms with Crippen molar-refractivity contribution in [3.05, 3.63) is 71.3 Å². The number of nitrogens with one attached hydrogen (secondary N) is 1. The summed E-state index contributed by atoms with van der Waals surface area (Å²) in [5.74, 6) is -0.219. The van der Waals surface area contributed by atoms with Gasteiger partial charge in [-0.1, -0.05) is 30.3 Å². The number of carbonyl (C=O) groups is 1. The first kappa shape index (κ1) is 13.6. The largest absolute Gasteiger partial charge is 0.322 e. The van der Waals surface area contributed by atoms with Gasteiger partial charge in [-0.2, -0.15) is 5.26 Å². The van der Waals surface area contributed by atoms with Crippen LogP contribution in [0.1, 0.15) is 16.7 Å². The minimum absolute atomic E-state index is 0.219. The monoisotopic (exact) mass is 262 g/mol. The van der Waals surface area contributed by atoms with Gasteiger partial charge >= 0.3 is 0 Å². The van der Waals surface area contributed by atoms with Gasteiger partial charge in [-0.3, -0.25) is 4.79 Å². The molecule has 0 radical (unpaired) electrons. The number of aryl methyl sites for hydroxylation is 1. The fraction of sp³-hybridized carbons (Fsp3) is 0.0588. The molecule has 2 aromatic carbocycles. The summed E-state index contributed by atoms with van der Waals surface area (Å²) >= 11 is 0. The predicted octanol–water partition coefficient (Wildman–Crippen LogP) is 3.52. The molecule has 0 bridgehead atoms. The van der Waals surface area contributed by atoms with Gasteiger partial charge in [0.1, 0.15) is 0 Å². The summed E-state index contributed by atoms with van der Waals surface area (Å²) in [7, 11) is 0. The zero-order chi connectivity index (χ0) is 14.4. The van der Waals surface area contributed by atoms with E-state index in [0.717, 1.165) is 11.1 Å². The number of hydrogen-bond donors (Lipinski definition) is 1. The first-order valence-corrected chi connectivity index (χ1v) is 6.24. The maximum Gasteiger partial charge on any atom is 0.248 e. The van der Waals surface area contributed by atoms with E-state index in [9.17, 15) is 4.79 Å². The molecule has 0 saturated carbocycles. The molecule has 1 N–H and O–H groups in total. The van der Waals surface area contributed by atoms with E-state index in [2.05, 4.69) is 5.32 Å². The molecule has 1 amide bonds. The van der Waals surface area contributed by atoms with Gasteiger partial charge in [0.25, 0.3) is 0 Å². The van der Waals surface area contributed by atoms with Crippen molar-refractivity contribution < 1.29 is 4.79 Å². The van der Waals surface area contributed by atoms with Gasteiger partial charge in [0.2, 0.25) is 5.91 Å². The Bertz CT molecular complexity index is 696. The van der Waals surface area contributed by atoms with E-state index >= 15 is 0 Å². The Labute approximate surface area is 118 Å². The number of carbonyl (C=O) groups excluding carboxylic acids is 1. The molecule has 0 aliphatic carbocycles. The molecule has 3 heteroatoms. The Morgan fingerprint density at radius 2 is 2.00 bits per heavy atom. The molecule has 0 aliphatic heterocycles. The maximum atomic E-state index is 11.8. The second kappa shape index (κ2) is 6.35. The third-order valence-corrected chi connectivity index (χ3v) is 2.86. The van der Waals surface area contributed by atoms with E-state index in [1.54, 1.807) is 30.3 Å². The average Bonchev–Trinajstić information content (AvgIpc) is 2.46. The third kappa shape index (κ3) is 3.56. The van der Waals surface area contributed by atoms with E-state index in [1.165, 1.54) is 6.08 Å². The van der Waals surface area contributed by atoms with Crippen molar-refractivity contribution in [3.8, 4) is 6.07 Å². The van der Waals surface area contributed by atoms with Gasteiger partial charge < -0.3 is 5.32 Å². The van der Waals surface area contributed by atoms with E-state index < -0.39 is 0 Å². The first-order chi connectivity index (χ1) is 9.69. The van der Waals surface area contributed by atoms with Crippen molar-refractivity contribution >= 4 is 17.7 Å². The highest BCUT2D eigenvalue weighted by Crippen LogP contribution is 2.11. The topological polar surface area (TPSA) is 52.9 Å². The molecule has 2 aromatic rings. The Hall–Kier alpha value is -2.86. The van der Waals surface area contributed by atoms with Gasteiger partial charge in [-0.15, -0.1) is 0 Å². The van der Waals surface area contributed by atoms with E-state index in [1.807, 2.05) is 37.3 Å². The standard InChI is InChI=1S/C17H14N2O/c1-13-5-2-3-7-15(13)9-10-17(20)19-16-8-4-6-14(11-16)12-18/h2-11H,1H3,(H,19,20)/b10-9+. The number of amides is 1. The molecule has 0 aromatic heterocycles. The van der Waals surface area contributed by atoms with Crippen LogP contribution in [-0.2, 0) is 4.79 Å². The Morgan fingerprint density at radius 1 is 1.20 bits per heavy atom. The molecule has 0 aliphatic rings. The van der Waals surface area contributed by atoms with Crippen LogP contribution < -0.4 is 5.32 Å². The summed E-state index contributed by atoms with van der Waals surface area (Å²) in [5.41, 5.74) is 3.26. The Morgan fingerprint density at radius 3 is 2.75 bits per heavy atom. The van der Waals surface area contributed by atoms with E-state index in [0.29, 0.717) is 11.3 Å². The number of hydrogen-bond acceptors (Lipinski definition) is 2. The lowest BCUT2D eigenvalue weighted by Gasteiger charge is -2.02. The lowest BCUT2D eigenvalue weighted by Crippen LogP contribution is -2.07. The van der Waals surface area contributed by atoms with Crippen LogP contribution in [0.2, 0.25) is 0 Å². The van der Waals surface area contributed by atoms with Gasteiger partial charge in [0, 0.05) is 11.8 Å². The van der Waals surface area contributed by atoms with Crippen LogP contribution in [0, 0.1) is 18.3 Å². The summed E-state index contributed by atoms with van der Waals surface area (Å²) in [6.45, 7) is 1.99. The van der Waals surface area contributed by atoms with Crippen LogP contribution in [0.3, 0.4) is 0 Å². The van der Waals surface area contributed by atoms with Crippen molar-refractivity contribution in [2.45, 2.75) is 6.92 Å². The number of nitrogens with zero attached hydrogens (tertiary/aromatic N) is 1. The van der Waals surface area contributed by atoms with Crippen LogP contribution in [0.25, 0.3) is 6.08 Å². The Balaban J connectivity index is 2.06. The zero-order valence-corrected chi connectivity index (χ0v) is 11.1. The van der Waals surface area contributed by atoms with E-state index in [4.69, 9.17) is 5.26 Å². The average molecular weight is 262 g/mol. The molecule has 98 valence electrons. The summed E-state index contributed by atoms with van der Waals surface area (Å²) in [6, 6.07) is 16.7. The number of anilines is 1. The highest BCUT2D eigenvalue weighted by Gasteiger charge is 1.99. The molecule has 0 heterocycles. The van der Waals surface area contributed by atoms with Crippen molar-refractivity contribution in [3.63, 3.8) is 0 Å². The van der Waals surface area contributed by atoms with Gasteiger partial charge in [-0.05, 0) is 42.3 Å². The number of nitriles is 1. The van der Waals surface area contributed by atoms with E-state index in [-0.39, 0.29) is 5.91 Å². The molecule has 0 unspecified atom stereocenters. The molecule has 3 nitrogen and oxygen atoms in total. The van der Waals surface area contributed by atoms with Crippen molar-refractivity contribution in [2.24, 2.45) is 0 Å². The van der Waals surface area contributed by atoms with Crippen molar-refractivity contribution in [2.75, 3.05) is 5.32 Å². The normalized spacial score (nSPS) is 10.2. The maximum absolute atomic E-state index is 11.8. The van der Waals surface area contributed by atoms with Gasteiger partial charge in [-0.25, -0.2) is 0 Å². The molecular weight excluding hydrogens is 248 g/mol. The second-order valence-corrected chi connectivity index (χ2v) is 4.37. The highest BCUT2D eigenvalue weighted by atomic mass is 16.1. The smallest absolute Gasteiger partial charge is 0.248 e. The summed E-state index contributed by atoms with van der Waals surface area (Å²) in [4.78, 5) is 11.8. The van der Waals surface area contributed by atoms with Crippen LogP contribution in [0.4, 0.5) is 5.69 Å². The van der Waals surface area contributed by atoms with Crippen LogP contribution >= 0.6 is 0 Å². The second-order valence-electron chi connectivity index (χ2n) is 4.37. The molecule has 0 atom stereocenters. The Kier molecular flexibility index (Phi) is 4.31. The highest BCUT2D eigenvalue weighted by molar-refractivity contribution is 6.02. The zero-order valence-electron chi connectivity index (χ0n) is 11.1. The number of rotatable bonds is 3. The minimum atomic E-state index is -0.219. The fourth-order valence-corrected chi connectivity index (χ4v) is 1.79. The fourth-order valence-electron chi connectivity index (χ4n) is 1.79. The summed E-state index contributed by atoms with van der Waals surface area (Å²) in [5, 5.41) is 11.5. The quantitative estimate of drug-likeness (QED) is 0.860. The minimum Gasteiger partial charge on any atom is -0.322 e. The molecule has 0 saturated heterocycles. The molecule has 0 fully saturated rings. The molecule has 20 heavy (non-hydrogen) atoms. The molecule has 0 spiro atoms. The lowest BCUT2D eigenvalue weighted by molar-refractivity contribution is -0.111. The van der Waals surface area contributed by atoms with Crippen LogP contribution in [0.15, 0.2) is 54.6 Å². The van der Waals surface area contributed by atoms with Crippen LogP contribution in [0.5, 0.6) is 0 Å². The SMILES string of the molecule is Cc1ccccc1/C=C/C(=O)Nc1cccc(C#N)c1. The van der Waals surface area contributed by atoms with Gasteiger partial charge in [0.05, 0.1) is 11.6 Å². The third-order valence-electron chi connectivity index (χ3n) is 2.86. The van der Waals surface area contributed by atoms with Crippen LogP contribution in [-0.4, -0.2) is 5.91 Å². The lowest BCUT2D eigenvalue weighted by atomic mass is 10.1.